The summed E-state index contributed by atoms with van der Waals surface area (Å²) in [6, 6.07) is 11.1. The van der Waals surface area contributed by atoms with Crippen LogP contribution in [-0.4, -0.2) is 30.1 Å². The number of thiocarbonyl (C=S) groups is 1. The molecule has 0 atom stereocenters. The SMILES string of the molecule is COc1cc(/C=C2\NC(=S)N(C)C2=O)c(Br)cc1OCc1ccccc1Cl. The van der Waals surface area contributed by atoms with Gasteiger partial charge >= 0.3 is 0 Å². The van der Waals surface area contributed by atoms with Gasteiger partial charge in [-0.2, -0.15) is 0 Å². The number of carbonyl (C=O) groups is 1. The minimum atomic E-state index is -0.190. The average molecular weight is 468 g/mol. The number of nitrogens with zero attached hydrogens (tertiary/aromatic N) is 1. The van der Waals surface area contributed by atoms with Gasteiger partial charge in [0.25, 0.3) is 5.91 Å². The number of likely N-dealkylation sites (N-methyl/N-ethyl adjacent to an activating group) is 1. The third-order valence-corrected chi connectivity index (χ3v) is 5.44. The molecule has 0 radical (unpaired) electrons. The van der Waals surface area contributed by atoms with Crippen molar-refractivity contribution in [1.82, 2.24) is 10.2 Å². The van der Waals surface area contributed by atoms with Gasteiger partial charge < -0.3 is 14.8 Å². The number of hydrogen-bond acceptors (Lipinski definition) is 4. The van der Waals surface area contributed by atoms with Gasteiger partial charge in [0.1, 0.15) is 12.3 Å². The van der Waals surface area contributed by atoms with Crippen LogP contribution in [0, 0.1) is 0 Å². The predicted molar refractivity (Wildman–Crippen MR) is 113 cm³/mol. The van der Waals surface area contributed by atoms with Crippen molar-refractivity contribution in [3.8, 4) is 11.5 Å². The summed E-state index contributed by atoms with van der Waals surface area (Å²) in [6.45, 7) is 0.308. The monoisotopic (exact) mass is 466 g/mol. The lowest BCUT2D eigenvalue weighted by Crippen LogP contribution is -2.25. The minimum Gasteiger partial charge on any atom is -0.493 e. The molecule has 0 saturated carbocycles. The lowest BCUT2D eigenvalue weighted by atomic mass is 10.1. The molecule has 0 spiro atoms. The molecule has 140 valence electrons. The first kappa shape index (κ1) is 19.7. The van der Waals surface area contributed by atoms with Crippen LogP contribution in [0.1, 0.15) is 11.1 Å². The van der Waals surface area contributed by atoms with Crippen LogP contribution < -0.4 is 14.8 Å². The second kappa shape index (κ2) is 8.29. The number of benzene rings is 2. The molecule has 27 heavy (non-hydrogen) atoms. The molecule has 0 bridgehead atoms. The van der Waals surface area contributed by atoms with Gasteiger partial charge in [-0.05, 0) is 42.1 Å². The van der Waals surface area contributed by atoms with E-state index in [0.717, 1.165) is 15.6 Å². The Balaban J connectivity index is 1.86. The molecule has 1 aliphatic heterocycles. The Hall–Kier alpha value is -2.09. The first-order chi connectivity index (χ1) is 12.9. The summed E-state index contributed by atoms with van der Waals surface area (Å²) in [5, 5.41) is 3.91. The van der Waals surface area contributed by atoms with Crippen molar-refractivity contribution in [2.75, 3.05) is 14.2 Å². The van der Waals surface area contributed by atoms with E-state index in [1.54, 1.807) is 32.4 Å². The zero-order valence-electron chi connectivity index (χ0n) is 14.6. The van der Waals surface area contributed by atoms with Crippen molar-refractivity contribution in [2.45, 2.75) is 6.61 Å². The van der Waals surface area contributed by atoms with Crippen LogP contribution in [0.15, 0.2) is 46.6 Å². The highest BCUT2D eigenvalue weighted by Crippen LogP contribution is 2.35. The average Bonchev–Trinajstić information content (AvgIpc) is 2.89. The number of nitrogens with one attached hydrogen (secondary N) is 1. The standard InChI is InChI=1S/C19H16BrClN2O3S/c1-23-18(24)15(22-19(23)27)7-12-8-16(25-2)17(9-13(12)20)26-10-11-5-3-4-6-14(11)21/h3-9H,10H2,1-2H3,(H,22,27)/b15-7-. The van der Waals surface area contributed by atoms with Crippen LogP contribution in [0.2, 0.25) is 5.02 Å². The Labute approximate surface area is 176 Å². The van der Waals surface area contributed by atoms with Gasteiger partial charge in [0.05, 0.1) is 7.11 Å². The van der Waals surface area contributed by atoms with Crippen molar-refractivity contribution in [1.29, 1.82) is 0 Å². The van der Waals surface area contributed by atoms with E-state index >= 15 is 0 Å². The van der Waals surface area contributed by atoms with Gasteiger partial charge in [0, 0.05) is 22.1 Å². The number of ether oxygens (including phenoxy) is 2. The second-order valence-electron chi connectivity index (χ2n) is 5.76. The highest BCUT2D eigenvalue weighted by atomic mass is 79.9. The molecule has 1 fully saturated rings. The first-order valence-electron chi connectivity index (χ1n) is 7.95. The molecule has 0 aromatic heterocycles. The summed E-state index contributed by atoms with van der Waals surface area (Å²) >= 11 is 14.8. The quantitative estimate of drug-likeness (QED) is 0.522. The number of hydrogen-bond donors (Lipinski definition) is 1. The van der Waals surface area contributed by atoms with Gasteiger partial charge in [-0.3, -0.25) is 9.69 Å². The molecular formula is C19H16BrClN2O3S. The van der Waals surface area contributed by atoms with Gasteiger partial charge in [0.2, 0.25) is 0 Å². The van der Waals surface area contributed by atoms with E-state index < -0.39 is 0 Å². The summed E-state index contributed by atoms with van der Waals surface area (Å²) in [7, 11) is 3.18. The summed E-state index contributed by atoms with van der Waals surface area (Å²) in [5.41, 5.74) is 2.03. The van der Waals surface area contributed by atoms with E-state index in [0.29, 0.717) is 33.9 Å². The fraction of sp³-hybridized carbons (Fsp3) is 0.158. The van der Waals surface area contributed by atoms with Crippen molar-refractivity contribution >= 4 is 56.8 Å². The first-order valence-corrected chi connectivity index (χ1v) is 9.53. The maximum absolute atomic E-state index is 12.2. The molecule has 2 aromatic rings. The van der Waals surface area contributed by atoms with E-state index in [4.69, 9.17) is 33.3 Å². The maximum atomic E-state index is 12.2. The van der Waals surface area contributed by atoms with Crippen LogP contribution in [0.25, 0.3) is 6.08 Å². The molecule has 2 aromatic carbocycles. The van der Waals surface area contributed by atoms with E-state index in [2.05, 4.69) is 21.2 Å². The summed E-state index contributed by atoms with van der Waals surface area (Å²) < 4.78 is 12.1. The molecule has 8 heteroatoms. The maximum Gasteiger partial charge on any atom is 0.276 e. The van der Waals surface area contributed by atoms with Crippen molar-refractivity contribution in [3.63, 3.8) is 0 Å². The van der Waals surface area contributed by atoms with Crippen molar-refractivity contribution in [3.05, 3.63) is 62.7 Å². The lowest BCUT2D eigenvalue weighted by molar-refractivity contribution is -0.121. The number of methoxy groups -OCH3 is 1. The molecule has 1 aliphatic rings. The summed E-state index contributed by atoms with van der Waals surface area (Å²) in [5.74, 6) is 0.910. The molecule has 1 saturated heterocycles. The Bertz CT molecular complexity index is 949. The highest BCUT2D eigenvalue weighted by Gasteiger charge is 2.27. The number of amides is 1. The molecule has 0 unspecified atom stereocenters. The fourth-order valence-electron chi connectivity index (χ4n) is 2.48. The molecule has 0 aliphatic carbocycles. The molecular weight excluding hydrogens is 452 g/mol. The number of rotatable bonds is 5. The van der Waals surface area contributed by atoms with Crippen LogP contribution in [0.4, 0.5) is 0 Å². The Morgan fingerprint density at radius 1 is 1.30 bits per heavy atom. The molecule has 1 amide bonds. The number of halogens is 2. The zero-order valence-corrected chi connectivity index (χ0v) is 17.7. The summed E-state index contributed by atoms with van der Waals surface area (Å²) in [4.78, 5) is 13.6. The smallest absolute Gasteiger partial charge is 0.276 e. The normalized spacial score (nSPS) is 15.3. The summed E-state index contributed by atoms with van der Waals surface area (Å²) in [6.07, 6.45) is 1.71. The van der Waals surface area contributed by atoms with Crippen molar-refractivity contribution < 1.29 is 14.3 Å². The number of carbonyl (C=O) groups excluding carboxylic acids is 1. The lowest BCUT2D eigenvalue weighted by Gasteiger charge is -2.13. The van der Waals surface area contributed by atoms with Gasteiger partial charge in [0.15, 0.2) is 16.6 Å². The van der Waals surface area contributed by atoms with Crippen LogP contribution in [-0.2, 0) is 11.4 Å². The van der Waals surface area contributed by atoms with Crippen LogP contribution in [0.5, 0.6) is 11.5 Å². The van der Waals surface area contributed by atoms with E-state index in [-0.39, 0.29) is 5.91 Å². The van der Waals surface area contributed by atoms with Gasteiger partial charge in [-0.15, -0.1) is 0 Å². The molecule has 1 N–H and O–H groups in total. The predicted octanol–water partition coefficient (Wildman–Crippen LogP) is 4.38. The Morgan fingerprint density at radius 3 is 2.67 bits per heavy atom. The van der Waals surface area contributed by atoms with Crippen LogP contribution >= 0.6 is 39.7 Å². The topological polar surface area (TPSA) is 50.8 Å². The molecule has 3 rings (SSSR count). The highest BCUT2D eigenvalue weighted by molar-refractivity contribution is 9.10. The molecule has 1 heterocycles. The van der Waals surface area contributed by atoms with Crippen molar-refractivity contribution in [2.24, 2.45) is 0 Å². The largest absolute Gasteiger partial charge is 0.493 e. The van der Waals surface area contributed by atoms with E-state index in [1.807, 2.05) is 24.3 Å². The van der Waals surface area contributed by atoms with Crippen LogP contribution in [0.3, 0.4) is 0 Å². The van der Waals surface area contributed by atoms with E-state index in [1.165, 1.54) is 4.90 Å². The zero-order chi connectivity index (χ0) is 19.6. The third kappa shape index (κ3) is 4.26. The van der Waals surface area contributed by atoms with Gasteiger partial charge in [-0.25, -0.2) is 0 Å². The minimum absolute atomic E-state index is 0.190. The molecule has 5 nitrogen and oxygen atoms in total. The van der Waals surface area contributed by atoms with Gasteiger partial charge in [-0.1, -0.05) is 45.7 Å². The Morgan fingerprint density at radius 2 is 2.04 bits per heavy atom. The fourth-order valence-corrected chi connectivity index (χ4v) is 3.30. The Kier molecular flexibility index (Phi) is 6.04. The van der Waals surface area contributed by atoms with E-state index in [9.17, 15) is 4.79 Å². The second-order valence-corrected chi connectivity index (χ2v) is 7.41. The third-order valence-electron chi connectivity index (χ3n) is 4.01.